The molecule has 0 N–H and O–H groups in total. The van der Waals surface area contributed by atoms with E-state index >= 15 is 0 Å². The van der Waals surface area contributed by atoms with E-state index in [1.165, 1.54) is 0 Å². The molecule has 0 radical (unpaired) electrons. The minimum atomic E-state index is 0.611. The van der Waals surface area contributed by atoms with Gasteiger partial charge >= 0.3 is 0 Å². The van der Waals surface area contributed by atoms with E-state index in [-0.39, 0.29) is 0 Å². The first-order valence-corrected chi connectivity index (χ1v) is 9.70. The number of aromatic nitrogens is 3. The van der Waals surface area contributed by atoms with E-state index in [1.807, 2.05) is 43.6 Å². The predicted octanol–water partition coefficient (Wildman–Crippen LogP) is 4.94. The van der Waals surface area contributed by atoms with E-state index in [1.54, 1.807) is 18.1 Å². The number of hydrogen-bond donors (Lipinski definition) is 0. The highest BCUT2D eigenvalue weighted by atomic mass is 35.5. The lowest BCUT2D eigenvalue weighted by molar-refractivity contribution is 0.856. The lowest BCUT2D eigenvalue weighted by Crippen LogP contribution is -2.19. The third-order valence-electron chi connectivity index (χ3n) is 3.82. The number of nitrogens with zero attached hydrogens (tertiary/aromatic N) is 4. The summed E-state index contributed by atoms with van der Waals surface area (Å²) in [5.41, 5.74) is 3.61. The predicted molar refractivity (Wildman–Crippen MR) is 105 cm³/mol. The second-order valence-electron chi connectivity index (χ2n) is 5.36. The topological polar surface area (TPSA) is 34.0 Å². The van der Waals surface area contributed by atoms with Crippen LogP contribution in [0.2, 0.25) is 5.02 Å². The van der Waals surface area contributed by atoms with Crippen molar-refractivity contribution in [3.63, 3.8) is 0 Å². The number of benzene rings is 1. The third-order valence-corrected chi connectivity index (χ3v) is 5.20. The molecule has 4 nitrogen and oxygen atoms in total. The first-order valence-electron chi connectivity index (χ1n) is 7.61. The Morgan fingerprint density at radius 2 is 2.04 bits per heavy atom. The maximum absolute atomic E-state index is 6.67. The van der Waals surface area contributed by atoms with Gasteiger partial charge in [-0.05, 0) is 36.6 Å². The van der Waals surface area contributed by atoms with Gasteiger partial charge in [-0.3, -0.25) is 8.96 Å². The Hall–Kier alpha value is -1.43. The number of pyridine rings is 1. The number of halogens is 2. The molecule has 0 aliphatic rings. The molecule has 2 aromatic heterocycles. The summed E-state index contributed by atoms with van der Waals surface area (Å²) in [6, 6.07) is 9.95. The maximum Gasteiger partial charge on any atom is 0.171 e. The molecule has 2 heterocycles. The Morgan fingerprint density at radius 3 is 2.79 bits per heavy atom. The summed E-state index contributed by atoms with van der Waals surface area (Å²) in [6.45, 7) is 0.839. The van der Waals surface area contributed by atoms with Crippen molar-refractivity contribution >= 4 is 51.9 Å². The van der Waals surface area contributed by atoms with Crippen LogP contribution >= 0.6 is 35.1 Å². The van der Waals surface area contributed by atoms with Crippen LogP contribution in [0.5, 0.6) is 0 Å². The highest BCUT2D eigenvalue weighted by Crippen LogP contribution is 2.36. The minimum absolute atomic E-state index is 0.611. The molecule has 0 bridgehead atoms. The molecule has 3 rings (SSSR count). The quantitative estimate of drug-likeness (QED) is 0.566. The number of imidazole rings is 1. The summed E-state index contributed by atoms with van der Waals surface area (Å²) in [4.78, 5) is 11.3. The van der Waals surface area contributed by atoms with Gasteiger partial charge in [-0.15, -0.1) is 11.6 Å². The number of para-hydroxylation sites is 2. The lowest BCUT2D eigenvalue weighted by Gasteiger charge is -2.21. The largest absolute Gasteiger partial charge is 0.373 e. The van der Waals surface area contributed by atoms with Crippen molar-refractivity contribution in [2.24, 2.45) is 0 Å². The van der Waals surface area contributed by atoms with Crippen LogP contribution in [0.3, 0.4) is 0 Å². The van der Waals surface area contributed by atoms with Gasteiger partial charge in [0.05, 0.1) is 21.7 Å². The molecular weight excluding hydrogens is 363 g/mol. The highest BCUT2D eigenvalue weighted by molar-refractivity contribution is 7.97. The summed E-state index contributed by atoms with van der Waals surface area (Å²) in [7, 11) is 2.01. The minimum Gasteiger partial charge on any atom is -0.373 e. The van der Waals surface area contributed by atoms with Gasteiger partial charge in [0, 0.05) is 31.9 Å². The van der Waals surface area contributed by atoms with Crippen molar-refractivity contribution in [3.05, 3.63) is 41.6 Å². The summed E-state index contributed by atoms with van der Waals surface area (Å²) < 4.78 is 2.06. The second-order valence-corrected chi connectivity index (χ2v) is 6.84. The number of anilines is 1. The molecule has 0 saturated carbocycles. The van der Waals surface area contributed by atoms with Crippen LogP contribution < -0.4 is 4.90 Å². The van der Waals surface area contributed by atoms with Crippen LogP contribution in [0.25, 0.3) is 22.6 Å². The molecule has 1 aromatic carbocycles. The van der Waals surface area contributed by atoms with E-state index in [0.29, 0.717) is 16.6 Å². The van der Waals surface area contributed by atoms with E-state index in [2.05, 4.69) is 13.9 Å². The van der Waals surface area contributed by atoms with Crippen molar-refractivity contribution < 1.29 is 0 Å². The Kier molecular flexibility index (Phi) is 5.54. The normalized spacial score (nSPS) is 11.2. The molecule has 3 aromatic rings. The number of rotatable bonds is 6. The van der Waals surface area contributed by atoms with Gasteiger partial charge in [-0.25, -0.2) is 4.98 Å². The van der Waals surface area contributed by atoms with Gasteiger partial charge in [-0.2, -0.15) is 0 Å². The molecule has 0 fully saturated rings. The number of fused-ring (bicyclic) bond motifs is 1. The maximum atomic E-state index is 6.67. The van der Waals surface area contributed by atoms with Gasteiger partial charge < -0.3 is 4.90 Å². The van der Waals surface area contributed by atoms with Crippen LogP contribution in [0.4, 0.5) is 5.69 Å². The zero-order valence-corrected chi connectivity index (χ0v) is 15.9. The highest BCUT2D eigenvalue weighted by Gasteiger charge is 2.19. The fourth-order valence-electron chi connectivity index (χ4n) is 2.64. The summed E-state index contributed by atoms with van der Waals surface area (Å²) in [5.74, 6) is 1.39. The summed E-state index contributed by atoms with van der Waals surface area (Å²) in [6.07, 6.45) is 4.69. The van der Waals surface area contributed by atoms with Crippen molar-refractivity contribution in [1.29, 1.82) is 0 Å². The Morgan fingerprint density at radius 1 is 1.25 bits per heavy atom. The van der Waals surface area contributed by atoms with Gasteiger partial charge in [0.15, 0.2) is 5.82 Å². The average molecular weight is 381 g/mol. The van der Waals surface area contributed by atoms with Crippen molar-refractivity contribution in [1.82, 2.24) is 13.9 Å². The van der Waals surface area contributed by atoms with Gasteiger partial charge in [-0.1, -0.05) is 23.7 Å². The summed E-state index contributed by atoms with van der Waals surface area (Å²) >= 11 is 14.1. The fourth-order valence-corrected chi connectivity index (χ4v) is 3.75. The number of hydrogen-bond acceptors (Lipinski definition) is 4. The molecule has 0 spiro atoms. The second kappa shape index (κ2) is 7.64. The average Bonchev–Trinajstić information content (AvgIpc) is 2.98. The molecule has 7 heteroatoms. The van der Waals surface area contributed by atoms with Crippen LogP contribution in [-0.2, 0) is 0 Å². The lowest BCUT2D eigenvalue weighted by atomic mass is 10.2. The number of alkyl halides is 1. The Bertz CT molecular complexity index is 850. The van der Waals surface area contributed by atoms with Crippen LogP contribution in [0.1, 0.15) is 6.42 Å². The van der Waals surface area contributed by atoms with E-state index in [0.717, 1.165) is 35.5 Å². The SMILES string of the molecule is CSn1c(-c2nccc(N(C)CCCCl)c2Cl)nc2ccccc21. The molecule has 0 saturated heterocycles. The molecular formula is C17H18Cl2N4S. The zero-order chi connectivity index (χ0) is 17.1. The Labute approximate surface area is 155 Å². The first-order chi connectivity index (χ1) is 11.7. The summed E-state index contributed by atoms with van der Waals surface area (Å²) in [5, 5.41) is 0.611. The molecule has 24 heavy (non-hydrogen) atoms. The molecule has 126 valence electrons. The van der Waals surface area contributed by atoms with E-state index in [9.17, 15) is 0 Å². The van der Waals surface area contributed by atoms with Crippen LogP contribution in [0.15, 0.2) is 36.5 Å². The molecule has 0 aliphatic heterocycles. The van der Waals surface area contributed by atoms with E-state index in [4.69, 9.17) is 28.2 Å². The molecule has 0 unspecified atom stereocenters. The third kappa shape index (κ3) is 3.21. The van der Waals surface area contributed by atoms with Crippen LogP contribution in [-0.4, -0.2) is 39.7 Å². The molecule has 0 atom stereocenters. The van der Waals surface area contributed by atoms with Gasteiger partial charge in [0.25, 0.3) is 0 Å². The van der Waals surface area contributed by atoms with Gasteiger partial charge in [0.1, 0.15) is 5.69 Å². The van der Waals surface area contributed by atoms with Gasteiger partial charge in [0.2, 0.25) is 0 Å². The zero-order valence-electron chi connectivity index (χ0n) is 13.5. The van der Waals surface area contributed by atoms with E-state index < -0.39 is 0 Å². The van der Waals surface area contributed by atoms with Crippen LogP contribution in [0, 0.1) is 0 Å². The van der Waals surface area contributed by atoms with Crippen molar-refractivity contribution in [2.75, 3.05) is 30.6 Å². The smallest absolute Gasteiger partial charge is 0.171 e. The van der Waals surface area contributed by atoms with Crippen molar-refractivity contribution in [2.45, 2.75) is 6.42 Å². The molecule has 0 aliphatic carbocycles. The molecule has 0 amide bonds. The fraction of sp³-hybridized carbons (Fsp3) is 0.294. The first kappa shape index (κ1) is 17.4. The monoisotopic (exact) mass is 380 g/mol. The van der Waals surface area contributed by atoms with Crippen molar-refractivity contribution in [3.8, 4) is 11.5 Å². The standard InChI is InChI=1S/C17H18Cl2N4S/c1-22(11-5-9-18)14-8-10-20-16(15(14)19)17-21-12-6-3-4-7-13(12)23(17)24-2/h3-4,6-8,10H,5,9,11H2,1-2H3. The Balaban J connectivity index is 2.10.